The third-order valence-corrected chi connectivity index (χ3v) is 5.79. The summed E-state index contributed by atoms with van der Waals surface area (Å²) in [4.78, 5) is 11.8. The maximum Gasteiger partial charge on any atom is 0.325 e. The van der Waals surface area contributed by atoms with E-state index in [1.54, 1.807) is 0 Å². The summed E-state index contributed by atoms with van der Waals surface area (Å²) >= 11 is 3.04. The van der Waals surface area contributed by atoms with Crippen LogP contribution in [-0.4, -0.2) is 38.6 Å². The number of carboxylic acid groups (broad SMARTS) is 1. The Hall–Kier alpha value is -0.660. The highest BCUT2D eigenvalue weighted by atomic mass is 32.2. The van der Waals surface area contributed by atoms with Gasteiger partial charge in [0.15, 0.2) is 4.34 Å². The molecule has 1 aromatic rings. The second-order valence-corrected chi connectivity index (χ2v) is 7.75. The van der Waals surface area contributed by atoms with Crippen molar-refractivity contribution in [2.75, 3.05) is 5.75 Å². The van der Waals surface area contributed by atoms with E-state index >= 15 is 0 Å². The molecule has 3 rings (SSSR count). The van der Waals surface area contributed by atoms with Crippen molar-refractivity contribution in [2.24, 2.45) is 5.92 Å². The van der Waals surface area contributed by atoms with Gasteiger partial charge in [0, 0.05) is 11.8 Å². The van der Waals surface area contributed by atoms with Crippen LogP contribution in [0, 0.1) is 12.8 Å². The molecule has 2 aliphatic rings. The topological polar surface area (TPSA) is 75.1 Å². The molecule has 0 aromatic carbocycles. The fraction of sp³-hybridized carbons (Fsp3) is 0.750. The van der Waals surface area contributed by atoms with Crippen LogP contribution in [0.1, 0.15) is 30.7 Å². The SMILES string of the molecule is Cc1nnc(SCC(NC2CC2)(C(=O)O)C2CC2)s1. The van der Waals surface area contributed by atoms with Gasteiger partial charge in [0.1, 0.15) is 10.5 Å². The van der Waals surface area contributed by atoms with E-state index < -0.39 is 11.5 Å². The Balaban J connectivity index is 1.72. The summed E-state index contributed by atoms with van der Waals surface area (Å²) in [5, 5.41) is 22.0. The van der Waals surface area contributed by atoms with E-state index in [1.807, 2.05) is 6.92 Å². The largest absolute Gasteiger partial charge is 0.480 e. The van der Waals surface area contributed by atoms with Crippen LogP contribution in [0.5, 0.6) is 0 Å². The number of hydrogen-bond acceptors (Lipinski definition) is 6. The molecule has 19 heavy (non-hydrogen) atoms. The molecule has 0 aliphatic heterocycles. The summed E-state index contributed by atoms with van der Waals surface area (Å²) in [7, 11) is 0. The van der Waals surface area contributed by atoms with Gasteiger partial charge in [0.25, 0.3) is 0 Å². The molecule has 5 nitrogen and oxygen atoms in total. The van der Waals surface area contributed by atoms with Crippen molar-refractivity contribution < 1.29 is 9.90 Å². The van der Waals surface area contributed by atoms with Crippen LogP contribution in [0.15, 0.2) is 4.34 Å². The number of thioether (sulfide) groups is 1. The summed E-state index contributed by atoms with van der Waals surface area (Å²) in [6.07, 6.45) is 4.23. The number of carbonyl (C=O) groups is 1. The van der Waals surface area contributed by atoms with E-state index in [2.05, 4.69) is 15.5 Å². The molecule has 0 radical (unpaired) electrons. The molecule has 0 saturated heterocycles. The van der Waals surface area contributed by atoms with Crippen LogP contribution in [0.3, 0.4) is 0 Å². The summed E-state index contributed by atoms with van der Waals surface area (Å²) in [6, 6.07) is 0.397. The van der Waals surface area contributed by atoms with Crippen LogP contribution in [0.2, 0.25) is 0 Å². The maximum absolute atomic E-state index is 11.8. The number of nitrogens with zero attached hydrogens (tertiary/aromatic N) is 2. The smallest absolute Gasteiger partial charge is 0.325 e. The van der Waals surface area contributed by atoms with Crippen LogP contribution in [0.25, 0.3) is 0 Å². The van der Waals surface area contributed by atoms with Gasteiger partial charge in [-0.25, -0.2) is 0 Å². The molecule has 1 atom stereocenters. The minimum Gasteiger partial charge on any atom is -0.480 e. The Labute approximate surface area is 120 Å². The highest BCUT2D eigenvalue weighted by molar-refractivity contribution is 8.01. The molecule has 1 heterocycles. The van der Waals surface area contributed by atoms with Gasteiger partial charge in [-0.05, 0) is 38.5 Å². The number of aromatic nitrogens is 2. The van der Waals surface area contributed by atoms with E-state index in [0.29, 0.717) is 11.8 Å². The van der Waals surface area contributed by atoms with Gasteiger partial charge in [0.05, 0.1) is 0 Å². The van der Waals surface area contributed by atoms with Crippen molar-refractivity contribution in [3.8, 4) is 0 Å². The quantitative estimate of drug-likeness (QED) is 0.749. The van der Waals surface area contributed by atoms with E-state index in [0.717, 1.165) is 35.0 Å². The van der Waals surface area contributed by atoms with Crippen molar-refractivity contribution >= 4 is 29.1 Å². The Morgan fingerprint density at radius 1 is 1.47 bits per heavy atom. The maximum atomic E-state index is 11.8. The standard InChI is InChI=1S/C12H17N3O2S2/c1-7-14-15-11(19-7)18-6-12(10(16)17,8-2-3-8)13-9-4-5-9/h8-9,13H,2-6H2,1H3,(H,16,17). The monoisotopic (exact) mass is 299 g/mol. The molecule has 0 amide bonds. The predicted molar refractivity (Wildman–Crippen MR) is 74.6 cm³/mol. The number of carboxylic acids is 1. The summed E-state index contributed by atoms with van der Waals surface area (Å²) in [6.45, 7) is 1.91. The van der Waals surface area contributed by atoms with E-state index in [-0.39, 0.29) is 5.92 Å². The second-order valence-electron chi connectivity index (χ2n) is 5.35. The average molecular weight is 299 g/mol. The Morgan fingerprint density at radius 2 is 2.21 bits per heavy atom. The lowest BCUT2D eigenvalue weighted by atomic mass is 9.95. The molecule has 2 N–H and O–H groups in total. The van der Waals surface area contributed by atoms with Crippen LogP contribution >= 0.6 is 23.1 Å². The molecule has 2 fully saturated rings. The lowest BCUT2D eigenvalue weighted by Crippen LogP contribution is -2.57. The molecule has 2 aliphatic carbocycles. The lowest BCUT2D eigenvalue weighted by Gasteiger charge is -2.30. The highest BCUT2D eigenvalue weighted by Gasteiger charge is 2.53. The summed E-state index contributed by atoms with van der Waals surface area (Å²) in [5.41, 5.74) is -0.772. The fourth-order valence-corrected chi connectivity index (χ4v) is 4.34. The molecule has 7 heteroatoms. The molecular weight excluding hydrogens is 282 g/mol. The first-order valence-electron chi connectivity index (χ1n) is 6.54. The fourth-order valence-electron chi connectivity index (χ4n) is 2.26. The van der Waals surface area contributed by atoms with Gasteiger partial charge in [-0.1, -0.05) is 23.1 Å². The van der Waals surface area contributed by atoms with Crippen molar-refractivity contribution in [2.45, 2.75) is 48.5 Å². The molecular formula is C12H17N3O2S2. The summed E-state index contributed by atoms with van der Waals surface area (Å²) < 4.78 is 0.862. The first-order chi connectivity index (χ1) is 9.10. The molecule has 0 bridgehead atoms. The molecule has 0 spiro atoms. The van der Waals surface area contributed by atoms with E-state index in [1.165, 1.54) is 23.1 Å². The number of hydrogen-bond donors (Lipinski definition) is 2. The van der Waals surface area contributed by atoms with Gasteiger partial charge in [0.2, 0.25) is 0 Å². The van der Waals surface area contributed by atoms with Gasteiger partial charge in [-0.2, -0.15) is 0 Å². The molecule has 1 unspecified atom stereocenters. The minimum absolute atomic E-state index is 0.270. The second kappa shape index (κ2) is 5.03. The van der Waals surface area contributed by atoms with Crippen LogP contribution in [-0.2, 0) is 4.79 Å². The van der Waals surface area contributed by atoms with Gasteiger partial charge < -0.3 is 5.11 Å². The normalized spacial score (nSPS) is 22.2. The average Bonchev–Trinajstić information content (AvgIpc) is 3.25. The number of aliphatic carboxylic acids is 1. The Morgan fingerprint density at radius 3 is 2.68 bits per heavy atom. The molecule has 104 valence electrons. The Bertz CT molecular complexity index is 485. The Kier molecular flexibility index (Phi) is 3.53. The van der Waals surface area contributed by atoms with Crippen molar-refractivity contribution in [3.05, 3.63) is 5.01 Å². The highest BCUT2D eigenvalue weighted by Crippen LogP contribution is 2.44. The minimum atomic E-state index is -0.772. The number of rotatable bonds is 7. The first-order valence-corrected chi connectivity index (χ1v) is 8.34. The van der Waals surface area contributed by atoms with E-state index in [9.17, 15) is 9.90 Å². The molecule has 1 aromatic heterocycles. The number of aryl methyl sites for hydroxylation is 1. The molecule has 2 saturated carbocycles. The predicted octanol–water partition coefficient (Wildman–Crippen LogP) is 1.92. The van der Waals surface area contributed by atoms with Crippen molar-refractivity contribution in [1.82, 2.24) is 15.5 Å². The lowest BCUT2D eigenvalue weighted by molar-refractivity contribution is -0.145. The number of nitrogens with one attached hydrogen (secondary N) is 1. The van der Waals surface area contributed by atoms with Gasteiger partial charge in [-0.3, -0.25) is 10.1 Å². The van der Waals surface area contributed by atoms with Crippen LogP contribution in [0.4, 0.5) is 0 Å². The van der Waals surface area contributed by atoms with E-state index in [4.69, 9.17) is 0 Å². The third kappa shape index (κ3) is 2.93. The van der Waals surface area contributed by atoms with Crippen molar-refractivity contribution in [3.63, 3.8) is 0 Å². The third-order valence-electron chi connectivity index (χ3n) is 3.63. The van der Waals surface area contributed by atoms with Gasteiger partial charge in [-0.15, -0.1) is 10.2 Å². The first kappa shape index (κ1) is 13.3. The van der Waals surface area contributed by atoms with Crippen LogP contribution < -0.4 is 5.32 Å². The zero-order valence-electron chi connectivity index (χ0n) is 10.8. The zero-order chi connectivity index (χ0) is 13.5. The zero-order valence-corrected chi connectivity index (χ0v) is 12.4. The summed E-state index contributed by atoms with van der Waals surface area (Å²) in [5.74, 6) is 0.0979. The van der Waals surface area contributed by atoms with Crippen molar-refractivity contribution in [1.29, 1.82) is 0 Å². The van der Waals surface area contributed by atoms with Gasteiger partial charge >= 0.3 is 5.97 Å².